The van der Waals surface area contributed by atoms with Crippen LogP contribution in [0.3, 0.4) is 0 Å². The smallest absolute Gasteiger partial charge is 0.276 e. The van der Waals surface area contributed by atoms with Crippen LogP contribution < -0.4 is 5.32 Å². The fourth-order valence-electron chi connectivity index (χ4n) is 2.95. The molecule has 1 aromatic carbocycles. The van der Waals surface area contributed by atoms with Gasteiger partial charge in [-0.05, 0) is 31.9 Å². The molecule has 1 aliphatic heterocycles. The average Bonchev–Trinajstić information content (AvgIpc) is 3.31. The summed E-state index contributed by atoms with van der Waals surface area (Å²) >= 11 is 0. The van der Waals surface area contributed by atoms with Crippen molar-refractivity contribution in [3.8, 4) is 0 Å². The number of aromatic nitrogens is 1. The highest BCUT2D eigenvalue weighted by molar-refractivity contribution is 5.94. The molecule has 0 saturated carbocycles. The Morgan fingerprint density at radius 2 is 2.19 bits per heavy atom. The van der Waals surface area contributed by atoms with E-state index >= 15 is 0 Å². The molecule has 1 aromatic heterocycles. The van der Waals surface area contributed by atoms with Crippen LogP contribution in [0.4, 0.5) is 10.1 Å². The minimum atomic E-state index is -0.504. The van der Waals surface area contributed by atoms with Crippen LogP contribution in [-0.4, -0.2) is 47.7 Å². The van der Waals surface area contributed by atoms with Gasteiger partial charge >= 0.3 is 0 Å². The molecular weight excluding hydrogens is 353 g/mol. The van der Waals surface area contributed by atoms with Crippen LogP contribution in [-0.2, 0) is 9.53 Å². The third-order valence-electron chi connectivity index (χ3n) is 4.34. The second kappa shape index (κ2) is 8.77. The van der Waals surface area contributed by atoms with Gasteiger partial charge in [-0.2, -0.15) is 0 Å². The largest absolute Gasteiger partial charge is 0.376 e. The minimum absolute atomic E-state index is 0.0314. The summed E-state index contributed by atoms with van der Waals surface area (Å²) in [6.07, 6.45) is 1.78. The molecule has 1 fully saturated rings. The van der Waals surface area contributed by atoms with E-state index in [2.05, 4.69) is 10.5 Å². The van der Waals surface area contributed by atoms with Gasteiger partial charge in [-0.15, -0.1) is 0 Å². The van der Waals surface area contributed by atoms with E-state index in [1.807, 2.05) is 0 Å². The van der Waals surface area contributed by atoms with E-state index in [4.69, 9.17) is 9.26 Å². The Hall–Kier alpha value is -2.74. The van der Waals surface area contributed by atoms with Gasteiger partial charge in [-0.3, -0.25) is 9.59 Å². The molecule has 0 aliphatic carbocycles. The fourth-order valence-corrected chi connectivity index (χ4v) is 2.95. The SMILES string of the molecule is Cc1cc(C(=O)N(CCC(=O)Nc2ccccc2F)CC2CCCO2)no1. The number of ether oxygens (including phenoxy) is 1. The van der Waals surface area contributed by atoms with E-state index in [9.17, 15) is 14.0 Å². The predicted octanol–water partition coefficient (Wildman–Crippen LogP) is 2.77. The number of anilines is 1. The summed E-state index contributed by atoms with van der Waals surface area (Å²) in [6.45, 7) is 2.92. The summed E-state index contributed by atoms with van der Waals surface area (Å²) in [5, 5.41) is 6.29. The van der Waals surface area contributed by atoms with Gasteiger partial charge in [0, 0.05) is 32.2 Å². The van der Waals surface area contributed by atoms with Gasteiger partial charge in [-0.1, -0.05) is 17.3 Å². The van der Waals surface area contributed by atoms with Gasteiger partial charge in [0.2, 0.25) is 5.91 Å². The number of hydrogen-bond donors (Lipinski definition) is 1. The van der Waals surface area contributed by atoms with Crippen LogP contribution in [0, 0.1) is 12.7 Å². The Bertz CT molecular complexity index is 802. The Morgan fingerprint density at radius 3 is 2.85 bits per heavy atom. The second-order valence-electron chi connectivity index (χ2n) is 6.49. The molecule has 0 bridgehead atoms. The molecule has 144 valence electrons. The van der Waals surface area contributed by atoms with E-state index in [1.165, 1.54) is 17.0 Å². The zero-order valence-corrected chi connectivity index (χ0v) is 15.1. The van der Waals surface area contributed by atoms with Crippen molar-refractivity contribution in [2.75, 3.05) is 25.0 Å². The third kappa shape index (κ3) is 5.13. The first kappa shape index (κ1) is 19.0. The first-order valence-electron chi connectivity index (χ1n) is 8.91. The minimum Gasteiger partial charge on any atom is -0.376 e. The number of aryl methyl sites for hydroxylation is 1. The molecule has 0 radical (unpaired) electrons. The molecule has 3 rings (SSSR count). The molecule has 2 heterocycles. The number of para-hydroxylation sites is 1. The molecule has 1 aliphatic rings. The van der Waals surface area contributed by atoms with Crippen molar-refractivity contribution in [2.24, 2.45) is 0 Å². The van der Waals surface area contributed by atoms with Gasteiger partial charge in [-0.25, -0.2) is 4.39 Å². The molecule has 27 heavy (non-hydrogen) atoms. The number of halogens is 1. The Kier molecular flexibility index (Phi) is 6.18. The fraction of sp³-hybridized carbons (Fsp3) is 0.421. The molecule has 7 nitrogen and oxygen atoms in total. The van der Waals surface area contributed by atoms with E-state index < -0.39 is 5.82 Å². The van der Waals surface area contributed by atoms with Crippen LogP contribution in [0.25, 0.3) is 0 Å². The number of carbonyl (C=O) groups is 2. The van der Waals surface area contributed by atoms with Crippen LogP contribution in [0.1, 0.15) is 35.5 Å². The Balaban J connectivity index is 1.62. The molecule has 2 aromatic rings. The number of nitrogens with zero attached hydrogens (tertiary/aromatic N) is 2. The lowest BCUT2D eigenvalue weighted by Crippen LogP contribution is -2.39. The summed E-state index contributed by atoms with van der Waals surface area (Å²) < 4.78 is 24.2. The number of hydrogen-bond acceptors (Lipinski definition) is 5. The predicted molar refractivity (Wildman–Crippen MR) is 95.8 cm³/mol. The van der Waals surface area contributed by atoms with E-state index in [1.54, 1.807) is 25.1 Å². The van der Waals surface area contributed by atoms with Crippen LogP contribution in [0.5, 0.6) is 0 Å². The van der Waals surface area contributed by atoms with Crippen molar-refractivity contribution in [3.63, 3.8) is 0 Å². The molecule has 2 amide bonds. The highest BCUT2D eigenvalue weighted by Crippen LogP contribution is 2.16. The lowest BCUT2D eigenvalue weighted by atomic mass is 10.2. The summed E-state index contributed by atoms with van der Waals surface area (Å²) in [5.74, 6) is -0.661. The zero-order valence-electron chi connectivity index (χ0n) is 15.1. The summed E-state index contributed by atoms with van der Waals surface area (Å²) in [7, 11) is 0. The lowest BCUT2D eigenvalue weighted by Gasteiger charge is -2.24. The molecular formula is C19H22FN3O4. The highest BCUT2D eigenvalue weighted by atomic mass is 19.1. The molecule has 8 heteroatoms. The van der Waals surface area contributed by atoms with Crippen molar-refractivity contribution in [3.05, 3.63) is 47.6 Å². The normalized spacial score (nSPS) is 16.3. The number of nitrogens with one attached hydrogen (secondary N) is 1. The van der Waals surface area contributed by atoms with Gasteiger partial charge in [0.1, 0.15) is 11.6 Å². The van der Waals surface area contributed by atoms with Crippen molar-refractivity contribution < 1.29 is 23.2 Å². The molecule has 1 atom stereocenters. The monoisotopic (exact) mass is 375 g/mol. The highest BCUT2D eigenvalue weighted by Gasteiger charge is 2.25. The van der Waals surface area contributed by atoms with E-state index in [0.29, 0.717) is 18.9 Å². The zero-order chi connectivity index (χ0) is 19.2. The third-order valence-corrected chi connectivity index (χ3v) is 4.34. The number of rotatable bonds is 7. The van der Waals surface area contributed by atoms with Crippen LogP contribution >= 0.6 is 0 Å². The van der Waals surface area contributed by atoms with Gasteiger partial charge in [0.15, 0.2) is 5.69 Å². The lowest BCUT2D eigenvalue weighted by molar-refractivity contribution is -0.116. The Morgan fingerprint density at radius 1 is 1.37 bits per heavy atom. The number of benzene rings is 1. The molecule has 1 N–H and O–H groups in total. The maximum atomic E-state index is 13.7. The second-order valence-corrected chi connectivity index (χ2v) is 6.49. The van der Waals surface area contributed by atoms with Gasteiger partial charge < -0.3 is 19.5 Å². The average molecular weight is 375 g/mol. The standard InChI is InChI=1S/C19H22FN3O4/c1-13-11-17(22-27-13)19(25)23(12-14-5-4-10-26-14)9-8-18(24)21-16-7-3-2-6-15(16)20/h2-3,6-7,11,14H,4-5,8-10,12H2,1H3,(H,21,24). The van der Waals surface area contributed by atoms with Crippen LogP contribution in [0.15, 0.2) is 34.9 Å². The van der Waals surface area contributed by atoms with E-state index in [-0.39, 0.29) is 42.3 Å². The van der Waals surface area contributed by atoms with Crippen molar-refractivity contribution in [2.45, 2.75) is 32.3 Å². The summed E-state index contributed by atoms with van der Waals surface area (Å²) in [5.41, 5.74) is 0.312. The molecule has 0 spiro atoms. The summed E-state index contributed by atoms with van der Waals surface area (Å²) in [4.78, 5) is 26.5. The molecule has 1 saturated heterocycles. The van der Waals surface area contributed by atoms with Gasteiger partial charge in [0.25, 0.3) is 5.91 Å². The summed E-state index contributed by atoms with van der Waals surface area (Å²) in [6, 6.07) is 7.51. The van der Waals surface area contributed by atoms with Crippen molar-refractivity contribution in [1.82, 2.24) is 10.1 Å². The Labute approximate surface area is 156 Å². The first-order valence-corrected chi connectivity index (χ1v) is 8.91. The van der Waals surface area contributed by atoms with Crippen LogP contribution in [0.2, 0.25) is 0 Å². The maximum absolute atomic E-state index is 13.7. The quantitative estimate of drug-likeness (QED) is 0.804. The topological polar surface area (TPSA) is 84.7 Å². The first-order chi connectivity index (χ1) is 13.0. The van der Waals surface area contributed by atoms with Crippen molar-refractivity contribution in [1.29, 1.82) is 0 Å². The maximum Gasteiger partial charge on any atom is 0.276 e. The number of carbonyl (C=O) groups excluding carboxylic acids is 2. The molecule has 1 unspecified atom stereocenters. The number of amides is 2. The van der Waals surface area contributed by atoms with Crippen molar-refractivity contribution >= 4 is 17.5 Å². The van der Waals surface area contributed by atoms with E-state index in [0.717, 1.165) is 12.8 Å². The van der Waals surface area contributed by atoms with Gasteiger partial charge in [0.05, 0.1) is 11.8 Å².